The maximum atomic E-state index is 12.2. The normalized spacial score (nSPS) is 32.4. The molecule has 2 unspecified atom stereocenters. The quantitative estimate of drug-likeness (QED) is 0.641. The van der Waals surface area contributed by atoms with Crippen LogP contribution in [0.5, 0.6) is 0 Å². The van der Waals surface area contributed by atoms with E-state index in [1.54, 1.807) is 13.8 Å². The standard InChI is InChI=1S/C9H14F2O2/c1-5(2)13-8(12)9(3)4-6(9)7(10)11/h5-7H,4H2,1-3H3. The summed E-state index contributed by atoms with van der Waals surface area (Å²) in [5, 5.41) is 0. The number of carbonyl (C=O) groups excluding carboxylic acids is 1. The molecule has 0 aromatic rings. The highest BCUT2D eigenvalue weighted by atomic mass is 19.3. The van der Waals surface area contributed by atoms with Crippen LogP contribution < -0.4 is 0 Å². The number of carbonyl (C=O) groups is 1. The SMILES string of the molecule is CC(C)OC(=O)C1(C)CC1C(F)F. The van der Waals surface area contributed by atoms with Gasteiger partial charge in [-0.2, -0.15) is 0 Å². The molecule has 0 heterocycles. The fourth-order valence-corrected chi connectivity index (χ4v) is 1.35. The van der Waals surface area contributed by atoms with Crippen molar-refractivity contribution in [3.63, 3.8) is 0 Å². The van der Waals surface area contributed by atoms with Crippen molar-refractivity contribution in [2.45, 2.75) is 39.7 Å². The summed E-state index contributed by atoms with van der Waals surface area (Å²) in [5.74, 6) is -1.30. The van der Waals surface area contributed by atoms with Crippen LogP contribution >= 0.6 is 0 Å². The fourth-order valence-electron chi connectivity index (χ4n) is 1.35. The van der Waals surface area contributed by atoms with Gasteiger partial charge in [-0.05, 0) is 27.2 Å². The molecule has 0 N–H and O–H groups in total. The molecule has 0 saturated heterocycles. The Morgan fingerprint density at radius 1 is 1.54 bits per heavy atom. The van der Waals surface area contributed by atoms with Crippen LogP contribution in [0.4, 0.5) is 8.78 Å². The van der Waals surface area contributed by atoms with Gasteiger partial charge in [0.05, 0.1) is 11.5 Å². The second kappa shape index (κ2) is 3.24. The Morgan fingerprint density at radius 3 is 2.38 bits per heavy atom. The van der Waals surface area contributed by atoms with Gasteiger partial charge in [-0.3, -0.25) is 4.79 Å². The number of ether oxygens (including phenoxy) is 1. The van der Waals surface area contributed by atoms with Crippen LogP contribution in [0.2, 0.25) is 0 Å². The molecule has 0 aromatic carbocycles. The Bertz CT molecular complexity index is 216. The predicted molar refractivity (Wildman–Crippen MR) is 43.4 cm³/mol. The summed E-state index contributed by atoms with van der Waals surface area (Å²) in [6.45, 7) is 4.95. The molecule has 2 nitrogen and oxygen atoms in total. The average molecular weight is 192 g/mol. The number of hydrogen-bond donors (Lipinski definition) is 0. The molecule has 0 radical (unpaired) electrons. The van der Waals surface area contributed by atoms with Crippen molar-refractivity contribution >= 4 is 5.97 Å². The van der Waals surface area contributed by atoms with E-state index in [-0.39, 0.29) is 12.5 Å². The topological polar surface area (TPSA) is 26.3 Å². The summed E-state index contributed by atoms with van der Waals surface area (Å²) >= 11 is 0. The number of alkyl halides is 2. The first-order chi connectivity index (χ1) is 5.88. The van der Waals surface area contributed by atoms with E-state index in [1.165, 1.54) is 6.92 Å². The van der Waals surface area contributed by atoms with Gasteiger partial charge in [0, 0.05) is 5.92 Å². The van der Waals surface area contributed by atoms with E-state index < -0.39 is 23.7 Å². The molecule has 0 aliphatic heterocycles. The molecule has 1 rings (SSSR count). The number of halogens is 2. The smallest absolute Gasteiger partial charge is 0.312 e. The van der Waals surface area contributed by atoms with E-state index >= 15 is 0 Å². The average Bonchev–Trinajstić information content (AvgIpc) is 2.62. The molecule has 1 aliphatic carbocycles. The maximum absolute atomic E-state index is 12.2. The van der Waals surface area contributed by atoms with Crippen LogP contribution in [0, 0.1) is 11.3 Å². The van der Waals surface area contributed by atoms with Gasteiger partial charge in [-0.1, -0.05) is 0 Å². The molecule has 76 valence electrons. The second-order valence-corrected chi connectivity index (χ2v) is 4.02. The first-order valence-corrected chi connectivity index (χ1v) is 4.37. The van der Waals surface area contributed by atoms with Crippen LogP contribution in [0.15, 0.2) is 0 Å². The molecule has 13 heavy (non-hydrogen) atoms. The molecule has 1 fully saturated rings. The molecular weight excluding hydrogens is 178 g/mol. The van der Waals surface area contributed by atoms with Crippen LogP contribution in [0.3, 0.4) is 0 Å². The minimum Gasteiger partial charge on any atom is -0.463 e. The van der Waals surface area contributed by atoms with Crippen molar-refractivity contribution in [3.05, 3.63) is 0 Å². The highest BCUT2D eigenvalue weighted by molar-refractivity contribution is 5.80. The number of rotatable bonds is 3. The van der Waals surface area contributed by atoms with Crippen LogP contribution in [-0.4, -0.2) is 18.5 Å². The monoisotopic (exact) mass is 192 g/mol. The lowest BCUT2D eigenvalue weighted by molar-refractivity contribution is -0.154. The van der Waals surface area contributed by atoms with Gasteiger partial charge in [-0.25, -0.2) is 8.78 Å². The van der Waals surface area contributed by atoms with Crippen molar-refractivity contribution in [1.29, 1.82) is 0 Å². The van der Waals surface area contributed by atoms with Gasteiger partial charge in [-0.15, -0.1) is 0 Å². The zero-order valence-corrected chi connectivity index (χ0v) is 8.01. The van der Waals surface area contributed by atoms with Crippen molar-refractivity contribution in [2.24, 2.45) is 11.3 Å². The molecule has 0 amide bonds. The zero-order valence-electron chi connectivity index (χ0n) is 8.01. The summed E-state index contributed by atoms with van der Waals surface area (Å²) in [6, 6.07) is 0. The van der Waals surface area contributed by atoms with E-state index in [1.807, 2.05) is 0 Å². The van der Waals surface area contributed by atoms with Crippen molar-refractivity contribution in [2.75, 3.05) is 0 Å². The highest BCUT2D eigenvalue weighted by Gasteiger charge is 2.61. The second-order valence-electron chi connectivity index (χ2n) is 4.02. The maximum Gasteiger partial charge on any atom is 0.312 e. The lowest BCUT2D eigenvalue weighted by Gasteiger charge is -2.13. The Balaban J connectivity index is 2.50. The Kier molecular flexibility index (Phi) is 2.59. The lowest BCUT2D eigenvalue weighted by Crippen LogP contribution is -2.23. The molecule has 1 aliphatic rings. The summed E-state index contributed by atoms with van der Waals surface area (Å²) < 4.78 is 29.3. The summed E-state index contributed by atoms with van der Waals surface area (Å²) in [5.41, 5.74) is -0.932. The number of esters is 1. The summed E-state index contributed by atoms with van der Waals surface area (Å²) in [4.78, 5) is 11.3. The van der Waals surface area contributed by atoms with Crippen molar-refractivity contribution in [1.82, 2.24) is 0 Å². The van der Waals surface area contributed by atoms with Crippen LogP contribution in [0.1, 0.15) is 27.2 Å². The van der Waals surface area contributed by atoms with Crippen LogP contribution in [0.25, 0.3) is 0 Å². The van der Waals surface area contributed by atoms with Gasteiger partial charge < -0.3 is 4.74 Å². The molecule has 0 spiro atoms. The van der Waals surface area contributed by atoms with Gasteiger partial charge in [0.2, 0.25) is 6.43 Å². The third-order valence-electron chi connectivity index (χ3n) is 2.42. The lowest BCUT2D eigenvalue weighted by atomic mass is 10.1. The molecule has 0 bridgehead atoms. The van der Waals surface area contributed by atoms with E-state index in [0.717, 1.165) is 0 Å². The van der Waals surface area contributed by atoms with E-state index in [9.17, 15) is 13.6 Å². The first-order valence-electron chi connectivity index (χ1n) is 4.37. The zero-order chi connectivity index (χ0) is 10.2. The van der Waals surface area contributed by atoms with E-state index in [2.05, 4.69) is 0 Å². The van der Waals surface area contributed by atoms with E-state index in [4.69, 9.17) is 4.74 Å². The Labute approximate surface area is 76.3 Å². The van der Waals surface area contributed by atoms with Crippen molar-refractivity contribution in [3.8, 4) is 0 Å². The number of hydrogen-bond acceptors (Lipinski definition) is 2. The minimum absolute atomic E-state index is 0.233. The fraction of sp³-hybridized carbons (Fsp3) is 0.889. The molecule has 1 saturated carbocycles. The van der Waals surface area contributed by atoms with Crippen LogP contribution in [-0.2, 0) is 9.53 Å². The summed E-state index contributed by atoms with van der Waals surface area (Å²) in [7, 11) is 0. The molecule has 2 atom stereocenters. The highest BCUT2D eigenvalue weighted by Crippen LogP contribution is 2.56. The predicted octanol–water partition coefficient (Wildman–Crippen LogP) is 2.23. The first kappa shape index (κ1) is 10.4. The van der Waals surface area contributed by atoms with Gasteiger partial charge in [0.1, 0.15) is 0 Å². The largest absolute Gasteiger partial charge is 0.463 e. The molecular formula is C9H14F2O2. The van der Waals surface area contributed by atoms with Gasteiger partial charge in [0.25, 0.3) is 0 Å². The van der Waals surface area contributed by atoms with E-state index in [0.29, 0.717) is 0 Å². The van der Waals surface area contributed by atoms with Gasteiger partial charge in [0.15, 0.2) is 0 Å². The third kappa shape index (κ3) is 1.98. The molecule has 4 heteroatoms. The minimum atomic E-state index is -2.41. The third-order valence-corrected chi connectivity index (χ3v) is 2.42. The Morgan fingerprint density at radius 2 is 2.08 bits per heavy atom. The van der Waals surface area contributed by atoms with Crippen molar-refractivity contribution < 1.29 is 18.3 Å². The van der Waals surface area contributed by atoms with Gasteiger partial charge >= 0.3 is 5.97 Å². The summed E-state index contributed by atoms with van der Waals surface area (Å²) in [6.07, 6.45) is -2.40. The molecule has 0 aromatic heterocycles. The Hall–Kier alpha value is -0.670.